The summed E-state index contributed by atoms with van der Waals surface area (Å²) >= 11 is 0. The topological polar surface area (TPSA) is 32.3 Å². The number of hydrogen-bond donors (Lipinski definition) is 1. The van der Waals surface area contributed by atoms with Crippen molar-refractivity contribution in [1.29, 1.82) is 0 Å². The van der Waals surface area contributed by atoms with Crippen LogP contribution in [0.4, 0.5) is 0 Å². The number of rotatable bonds is 2. The number of carbonyl (C=O) groups is 1. The molecular weight excluding hydrogens is 308 g/mol. The molecule has 0 bridgehead atoms. The van der Waals surface area contributed by atoms with Gasteiger partial charge in [0.1, 0.15) is 0 Å². The highest BCUT2D eigenvalue weighted by Gasteiger charge is 2.53. The van der Waals surface area contributed by atoms with E-state index < -0.39 is 0 Å². The van der Waals surface area contributed by atoms with Crippen molar-refractivity contribution in [3.8, 4) is 0 Å². The third-order valence-electron chi connectivity index (χ3n) is 6.26. The largest absolute Gasteiger partial charge is 0.342 e. The van der Waals surface area contributed by atoms with Gasteiger partial charge in [-0.1, -0.05) is 30.3 Å². The fourth-order valence-corrected chi connectivity index (χ4v) is 4.45. The Morgan fingerprint density at radius 1 is 0.913 bits per heavy atom. The van der Waals surface area contributed by atoms with Crippen LogP contribution in [0.5, 0.6) is 0 Å². The summed E-state index contributed by atoms with van der Waals surface area (Å²) < 4.78 is 0. The maximum absolute atomic E-state index is 13.1. The molecule has 23 heavy (non-hydrogen) atoms. The van der Waals surface area contributed by atoms with Gasteiger partial charge in [-0.15, -0.1) is 12.4 Å². The second kappa shape index (κ2) is 6.45. The molecule has 3 nitrogen and oxygen atoms in total. The van der Waals surface area contributed by atoms with Crippen LogP contribution in [-0.4, -0.2) is 37.0 Å². The minimum atomic E-state index is -0.181. The molecule has 1 N–H and O–H groups in total. The van der Waals surface area contributed by atoms with E-state index >= 15 is 0 Å². The highest BCUT2D eigenvalue weighted by molar-refractivity contribution is 5.91. The Morgan fingerprint density at radius 3 is 2.09 bits per heavy atom. The quantitative estimate of drug-likeness (QED) is 0.901. The predicted octanol–water partition coefficient (Wildman–Crippen LogP) is 3.13. The molecule has 0 aromatic heterocycles. The average Bonchev–Trinajstić information content (AvgIpc) is 3.38. The first-order valence-corrected chi connectivity index (χ1v) is 8.80. The molecule has 2 saturated heterocycles. The number of carbonyl (C=O) groups excluding carboxylic acids is 1. The molecule has 1 spiro atoms. The van der Waals surface area contributed by atoms with E-state index in [1.807, 2.05) is 6.07 Å². The molecule has 126 valence electrons. The fraction of sp³-hybridized carbons (Fsp3) is 0.632. The van der Waals surface area contributed by atoms with Gasteiger partial charge in [0.05, 0.1) is 5.41 Å². The summed E-state index contributed by atoms with van der Waals surface area (Å²) in [6.07, 6.45) is 7.04. The number of nitrogens with one attached hydrogen (secondary N) is 1. The molecule has 2 heterocycles. The molecule has 4 heteroatoms. The predicted molar refractivity (Wildman–Crippen MR) is 95.0 cm³/mol. The second-order valence-electron chi connectivity index (χ2n) is 7.49. The number of amides is 1. The van der Waals surface area contributed by atoms with Crippen molar-refractivity contribution in [2.24, 2.45) is 5.41 Å². The van der Waals surface area contributed by atoms with Crippen LogP contribution in [0.3, 0.4) is 0 Å². The Bertz CT molecular complexity index is 540. The number of hydrogen-bond acceptors (Lipinski definition) is 2. The summed E-state index contributed by atoms with van der Waals surface area (Å²) in [6.45, 7) is 4.24. The van der Waals surface area contributed by atoms with Gasteiger partial charge in [-0.25, -0.2) is 0 Å². The lowest BCUT2D eigenvalue weighted by Gasteiger charge is -2.45. The zero-order chi connectivity index (χ0) is 15.0. The van der Waals surface area contributed by atoms with Gasteiger partial charge in [0, 0.05) is 13.1 Å². The van der Waals surface area contributed by atoms with Crippen LogP contribution in [0.1, 0.15) is 44.1 Å². The van der Waals surface area contributed by atoms with Crippen LogP contribution in [0.25, 0.3) is 0 Å². The molecule has 0 unspecified atom stereocenters. The first-order valence-electron chi connectivity index (χ1n) is 8.80. The minimum Gasteiger partial charge on any atom is -0.342 e. The Balaban J connectivity index is 0.00000156. The normalized spacial score (nSPS) is 24.8. The summed E-state index contributed by atoms with van der Waals surface area (Å²) in [5.74, 6) is 0.391. The first-order chi connectivity index (χ1) is 10.7. The van der Waals surface area contributed by atoms with Crippen molar-refractivity contribution in [2.75, 3.05) is 26.2 Å². The van der Waals surface area contributed by atoms with Gasteiger partial charge >= 0.3 is 0 Å². The van der Waals surface area contributed by atoms with Gasteiger partial charge in [-0.3, -0.25) is 4.79 Å². The summed E-state index contributed by atoms with van der Waals surface area (Å²) in [4.78, 5) is 15.2. The van der Waals surface area contributed by atoms with E-state index in [2.05, 4.69) is 34.5 Å². The summed E-state index contributed by atoms with van der Waals surface area (Å²) in [6, 6.07) is 10.4. The van der Waals surface area contributed by atoms with Gasteiger partial charge in [-0.2, -0.15) is 0 Å². The van der Waals surface area contributed by atoms with Gasteiger partial charge in [0.15, 0.2) is 0 Å². The van der Waals surface area contributed by atoms with Gasteiger partial charge < -0.3 is 10.2 Å². The Morgan fingerprint density at radius 2 is 1.52 bits per heavy atom. The summed E-state index contributed by atoms with van der Waals surface area (Å²) in [5, 5.41) is 3.47. The lowest BCUT2D eigenvalue weighted by Crippen LogP contribution is -2.49. The Labute approximate surface area is 145 Å². The number of piperidine rings is 2. The molecule has 3 aliphatic rings. The average molecular weight is 335 g/mol. The van der Waals surface area contributed by atoms with Crippen molar-refractivity contribution >= 4 is 18.3 Å². The molecule has 4 rings (SSSR count). The molecule has 0 radical (unpaired) electrons. The molecular formula is C19H27ClN2O. The smallest absolute Gasteiger partial charge is 0.233 e. The summed E-state index contributed by atoms with van der Waals surface area (Å²) in [5.41, 5.74) is 1.56. The fourth-order valence-electron chi connectivity index (χ4n) is 4.45. The zero-order valence-corrected chi connectivity index (χ0v) is 14.5. The molecule has 1 aromatic rings. The monoisotopic (exact) mass is 334 g/mol. The Hall–Kier alpha value is -1.06. The third-order valence-corrected chi connectivity index (χ3v) is 6.26. The third kappa shape index (κ3) is 3.01. The van der Waals surface area contributed by atoms with Crippen LogP contribution >= 0.6 is 12.4 Å². The van der Waals surface area contributed by atoms with E-state index in [9.17, 15) is 4.79 Å². The number of likely N-dealkylation sites (tertiary alicyclic amines) is 1. The van der Waals surface area contributed by atoms with Crippen LogP contribution < -0.4 is 5.32 Å². The van der Waals surface area contributed by atoms with E-state index in [0.29, 0.717) is 11.3 Å². The van der Waals surface area contributed by atoms with Crippen molar-refractivity contribution in [3.63, 3.8) is 0 Å². The Kier molecular flexibility index (Phi) is 4.70. The van der Waals surface area contributed by atoms with Crippen molar-refractivity contribution in [2.45, 2.75) is 43.9 Å². The van der Waals surface area contributed by atoms with Crippen molar-refractivity contribution < 1.29 is 4.79 Å². The van der Waals surface area contributed by atoms with E-state index in [4.69, 9.17) is 0 Å². The number of halogens is 1. The van der Waals surface area contributed by atoms with E-state index in [-0.39, 0.29) is 17.8 Å². The number of benzene rings is 1. The SMILES string of the molecule is Cl.O=C(N1CCC2(CCNCC2)CC1)C1(c2ccccc2)CC1. The number of nitrogens with zero attached hydrogens (tertiary/aromatic N) is 1. The summed E-state index contributed by atoms with van der Waals surface area (Å²) in [7, 11) is 0. The van der Waals surface area contributed by atoms with Gasteiger partial charge in [0.25, 0.3) is 0 Å². The van der Waals surface area contributed by atoms with Crippen LogP contribution in [-0.2, 0) is 10.2 Å². The van der Waals surface area contributed by atoms with E-state index in [1.54, 1.807) is 0 Å². The van der Waals surface area contributed by atoms with Gasteiger partial charge in [0.2, 0.25) is 5.91 Å². The van der Waals surface area contributed by atoms with Gasteiger partial charge in [-0.05, 0) is 62.6 Å². The standard InChI is InChI=1S/C19H26N2O.ClH/c22-17(19(6-7-19)16-4-2-1-3-5-16)21-14-10-18(11-15-21)8-12-20-13-9-18;/h1-5,20H,6-15H2;1H. The highest BCUT2D eigenvalue weighted by Crippen LogP contribution is 2.50. The molecule has 3 fully saturated rings. The molecule has 0 atom stereocenters. The second-order valence-corrected chi connectivity index (χ2v) is 7.49. The highest BCUT2D eigenvalue weighted by atomic mass is 35.5. The maximum Gasteiger partial charge on any atom is 0.233 e. The molecule has 1 aliphatic carbocycles. The minimum absolute atomic E-state index is 0. The van der Waals surface area contributed by atoms with Crippen LogP contribution in [0.15, 0.2) is 30.3 Å². The molecule has 2 aliphatic heterocycles. The zero-order valence-electron chi connectivity index (χ0n) is 13.7. The van der Waals surface area contributed by atoms with E-state index in [1.165, 1.54) is 31.2 Å². The maximum atomic E-state index is 13.1. The van der Waals surface area contributed by atoms with Crippen LogP contribution in [0, 0.1) is 5.41 Å². The van der Waals surface area contributed by atoms with Crippen molar-refractivity contribution in [3.05, 3.63) is 35.9 Å². The lowest BCUT2D eigenvalue weighted by molar-refractivity contribution is -0.136. The molecule has 1 aromatic carbocycles. The molecule has 1 saturated carbocycles. The lowest BCUT2D eigenvalue weighted by atomic mass is 9.71. The van der Waals surface area contributed by atoms with E-state index in [0.717, 1.165) is 39.0 Å². The van der Waals surface area contributed by atoms with Crippen LogP contribution in [0.2, 0.25) is 0 Å². The molecule has 1 amide bonds. The van der Waals surface area contributed by atoms with Crippen molar-refractivity contribution in [1.82, 2.24) is 10.2 Å². The first kappa shape index (κ1) is 16.8.